The highest BCUT2D eigenvalue weighted by atomic mass is 35.5. The average Bonchev–Trinajstić information content (AvgIpc) is 2.76. The van der Waals surface area contributed by atoms with Crippen molar-refractivity contribution in [3.8, 4) is 5.75 Å². The number of nitrogen functional groups attached to an aromatic ring is 1. The van der Waals surface area contributed by atoms with Crippen molar-refractivity contribution in [2.45, 2.75) is 38.8 Å². The first kappa shape index (κ1) is 23.4. The largest absolute Gasteiger partial charge is 0.482 e. The Morgan fingerprint density at radius 2 is 2.00 bits per heavy atom. The number of aromatic nitrogens is 1. The number of benzene rings is 1. The Morgan fingerprint density at radius 3 is 2.61 bits per heavy atom. The number of likely N-dealkylation sites (tertiary alicyclic amines) is 1. The highest BCUT2D eigenvalue weighted by molar-refractivity contribution is 6.36. The molecule has 1 aromatic heterocycles. The first-order chi connectivity index (χ1) is 14.9. The van der Waals surface area contributed by atoms with Gasteiger partial charge in [0, 0.05) is 58.4 Å². The van der Waals surface area contributed by atoms with E-state index in [0.29, 0.717) is 27.4 Å². The lowest BCUT2D eigenvalue weighted by molar-refractivity contribution is 0.224. The molecule has 0 saturated carbocycles. The summed E-state index contributed by atoms with van der Waals surface area (Å²) >= 11 is 12.6. The first-order valence-corrected chi connectivity index (χ1v) is 11.2. The van der Waals surface area contributed by atoms with Gasteiger partial charge in [0.05, 0.1) is 6.04 Å². The molecule has 6 nitrogen and oxygen atoms in total. The zero-order valence-corrected chi connectivity index (χ0v) is 19.4. The number of pyridine rings is 1. The summed E-state index contributed by atoms with van der Waals surface area (Å²) in [5.41, 5.74) is 14.2. The predicted octanol–water partition coefficient (Wildman–Crippen LogP) is 4.97. The van der Waals surface area contributed by atoms with Gasteiger partial charge >= 0.3 is 0 Å². The number of halogens is 2. The number of piperidine rings is 1. The van der Waals surface area contributed by atoms with E-state index in [2.05, 4.69) is 16.8 Å². The lowest BCUT2D eigenvalue weighted by Crippen LogP contribution is -2.35. The van der Waals surface area contributed by atoms with Gasteiger partial charge in [0.25, 0.3) is 0 Å². The van der Waals surface area contributed by atoms with E-state index in [1.165, 1.54) is 6.20 Å². The van der Waals surface area contributed by atoms with E-state index in [-0.39, 0.29) is 5.82 Å². The van der Waals surface area contributed by atoms with E-state index in [0.717, 1.165) is 43.6 Å². The third kappa shape index (κ3) is 5.91. The van der Waals surface area contributed by atoms with Crippen molar-refractivity contribution < 1.29 is 4.74 Å². The summed E-state index contributed by atoms with van der Waals surface area (Å²) in [6.07, 6.45) is 6.69. The lowest BCUT2D eigenvalue weighted by Gasteiger charge is -2.28. The molecule has 1 unspecified atom stereocenters. The zero-order chi connectivity index (χ0) is 22.4. The quantitative estimate of drug-likeness (QED) is 0.568. The van der Waals surface area contributed by atoms with Crippen molar-refractivity contribution in [1.82, 2.24) is 9.88 Å². The van der Waals surface area contributed by atoms with Crippen LogP contribution in [-0.4, -0.2) is 41.8 Å². The maximum Gasteiger partial charge on any atom is 0.166 e. The van der Waals surface area contributed by atoms with Crippen molar-refractivity contribution in [2.75, 3.05) is 25.4 Å². The number of hydrogen-bond donors (Lipinski definition) is 2. The Morgan fingerprint density at radius 1 is 1.32 bits per heavy atom. The average molecular weight is 462 g/mol. The number of nitrogens with two attached hydrogens (primary N) is 2. The number of allylic oxidation sites excluding steroid dienone is 1. The highest BCUT2D eigenvalue weighted by Crippen LogP contribution is 2.35. The predicted molar refractivity (Wildman–Crippen MR) is 130 cm³/mol. The summed E-state index contributed by atoms with van der Waals surface area (Å²) in [5.74, 6) is 0.712. The Labute approximate surface area is 193 Å². The third-order valence-corrected chi connectivity index (χ3v) is 6.19. The maximum absolute atomic E-state index is 6.31. The van der Waals surface area contributed by atoms with Gasteiger partial charge in [-0.3, -0.25) is 4.99 Å². The topological polar surface area (TPSA) is 89.8 Å². The molecule has 31 heavy (non-hydrogen) atoms. The van der Waals surface area contributed by atoms with Gasteiger partial charge in [-0.2, -0.15) is 0 Å². The van der Waals surface area contributed by atoms with Crippen molar-refractivity contribution in [3.05, 3.63) is 57.8 Å². The minimum Gasteiger partial charge on any atom is -0.482 e. The molecule has 0 spiro atoms. The molecular formula is C23H29Cl2N5O. The standard InChI is InChI=1S/C23H29Cl2N5O/c1-3-30-9-7-18(8-10-30)28-14-17(12-26)16-11-21(23(27)29-13-16)31-15(2)22-19(24)5-4-6-20(22)25/h4-6,11-15,18H,3,7-10,26H2,1-2H3,(H2,27,29). The summed E-state index contributed by atoms with van der Waals surface area (Å²) in [5, 5.41) is 1.07. The molecular weight excluding hydrogens is 433 g/mol. The van der Waals surface area contributed by atoms with Crippen LogP contribution in [0.1, 0.15) is 43.9 Å². The second-order valence-corrected chi connectivity index (χ2v) is 8.38. The second-order valence-electron chi connectivity index (χ2n) is 7.57. The van der Waals surface area contributed by atoms with Gasteiger partial charge < -0.3 is 21.1 Å². The molecule has 166 valence electrons. The summed E-state index contributed by atoms with van der Waals surface area (Å²) in [7, 11) is 0. The monoisotopic (exact) mass is 461 g/mol. The van der Waals surface area contributed by atoms with Gasteiger partial charge in [-0.15, -0.1) is 0 Å². The van der Waals surface area contributed by atoms with E-state index in [1.54, 1.807) is 24.4 Å². The second kappa shape index (κ2) is 10.8. The zero-order valence-electron chi connectivity index (χ0n) is 17.9. The number of rotatable bonds is 7. The van der Waals surface area contributed by atoms with Crippen LogP contribution in [0.15, 0.2) is 41.7 Å². The van der Waals surface area contributed by atoms with Gasteiger partial charge in [-0.25, -0.2) is 4.98 Å². The number of nitrogens with zero attached hydrogens (tertiary/aromatic N) is 3. The molecule has 1 aliphatic rings. The first-order valence-electron chi connectivity index (χ1n) is 10.5. The van der Waals surface area contributed by atoms with Crippen molar-refractivity contribution in [1.29, 1.82) is 0 Å². The van der Waals surface area contributed by atoms with Crippen LogP contribution in [0.3, 0.4) is 0 Å². The van der Waals surface area contributed by atoms with E-state index in [1.807, 2.05) is 19.2 Å². The molecule has 1 saturated heterocycles. The van der Waals surface area contributed by atoms with Crippen LogP contribution in [0.2, 0.25) is 10.0 Å². The molecule has 0 aliphatic carbocycles. The molecule has 0 radical (unpaired) electrons. The normalized spacial score (nSPS) is 17.2. The van der Waals surface area contributed by atoms with Crippen LogP contribution in [0, 0.1) is 0 Å². The summed E-state index contributed by atoms with van der Waals surface area (Å²) in [4.78, 5) is 11.5. The van der Waals surface area contributed by atoms with Crippen molar-refractivity contribution in [2.24, 2.45) is 10.7 Å². The van der Waals surface area contributed by atoms with Crippen LogP contribution < -0.4 is 16.2 Å². The summed E-state index contributed by atoms with van der Waals surface area (Å²) in [6.45, 7) is 7.28. The molecule has 8 heteroatoms. The SMILES string of the molecule is CCN1CCC(N=CC(=CN)c2cnc(N)c(OC(C)c3c(Cl)cccc3Cl)c2)CC1. The lowest BCUT2D eigenvalue weighted by atomic mass is 10.1. The molecule has 2 aromatic rings. The fourth-order valence-corrected chi connectivity index (χ4v) is 4.34. The molecule has 2 heterocycles. The Balaban J connectivity index is 1.75. The molecule has 1 aliphatic heterocycles. The Hall–Kier alpha value is -2.28. The molecule has 1 fully saturated rings. The van der Waals surface area contributed by atoms with Crippen LogP contribution >= 0.6 is 23.2 Å². The highest BCUT2D eigenvalue weighted by Gasteiger charge is 2.19. The van der Waals surface area contributed by atoms with Crippen LogP contribution in [0.25, 0.3) is 5.57 Å². The fourth-order valence-electron chi connectivity index (χ4n) is 3.64. The smallest absolute Gasteiger partial charge is 0.166 e. The molecule has 1 atom stereocenters. The molecule has 0 amide bonds. The Bertz CT molecular complexity index is 935. The Kier molecular flexibility index (Phi) is 8.18. The number of aliphatic imine (C=N–C) groups is 1. The number of ether oxygens (including phenoxy) is 1. The van der Waals surface area contributed by atoms with Crippen molar-refractivity contribution in [3.63, 3.8) is 0 Å². The van der Waals surface area contributed by atoms with Gasteiger partial charge in [-0.1, -0.05) is 36.2 Å². The summed E-state index contributed by atoms with van der Waals surface area (Å²) in [6, 6.07) is 7.46. The van der Waals surface area contributed by atoms with Gasteiger partial charge in [0.15, 0.2) is 11.6 Å². The minimum absolute atomic E-state index is 0.277. The van der Waals surface area contributed by atoms with Crippen LogP contribution in [0.4, 0.5) is 5.82 Å². The molecule has 1 aromatic carbocycles. The van der Waals surface area contributed by atoms with E-state index in [9.17, 15) is 0 Å². The van der Waals surface area contributed by atoms with E-state index < -0.39 is 6.10 Å². The van der Waals surface area contributed by atoms with E-state index >= 15 is 0 Å². The number of hydrogen-bond acceptors (Lipinski definition) is 6. The minimum atomic E-state index is -0.414. The van der Waals surface area contributed by atoms with Gasteiger partial charge in [0.1, 0.15) is 6.10 Å². The van der Waals surface area contributed by atoms with E-state index in [4.69, 9.17) is 44.4 Å². The molecule has 4 N–H and O–H groups in total. The van der Waals surface area contributed by atoms with Crippen LogP contribution in [-0.2, 0) is 0 Å². The third-order valence-electron chi connectivity index (χ3n) is 5.53. The summed E-state index contributed by atoms with van der Waals surface area (Å²) < 4.78 is 6.07. The van der Waals surface area contributed by atoms with Crippen LogP contribution in [0.5, 0.6) is 5.75 Å². The van der Waals surface area contributed by atoms with Gasteiger partial charge in [0.2, 0.25) is 0 Å². The number of anilines is 1. The van der Waals surface area contributed by atoms with Gasteiger partial charge in [-0.05, 0) is 44.5 Å². The fraction of sp³-hybridized carbons (Fsp3) is 0.391. The molecule has 0 bridgehead atoms. The van der Waals surface area contributed by atoms with Crippen molar-refractivity contribution >= 4 is 40.8 Å². The molecule has 3 rings (SSSR count). The maximum atomic E-state index is 6.31.